The van der Waals surface area contributed by atoms with E-state index in [0.717, 1.165) is 51.1 Å². The first-order chi connectivity index (χ1) is 12.0. The fraction of sp³-hybridized carbons (Fsp3) is 0.500. The lowest BCUT2D eigenvalue weighted by Gasteiger charge is -2.34. The number of carbonyl (C=O) groups is 2. The summed E-state index contributed by atoms with van der Waals surface area (Å²) < 4.78 is 0. The summed E-state index contributed by atoms with van der Waals surface area (Å²) in [5.41, 5.74) is 2.39. The zero-order chi connectivity index (χ0) is 18.1. The van der Waals surface area contributed by atoms with Gasteiger partial charge in [0.25, 0.3) is 0 Å². The van der Waals surface area contributed by atoms with Crippen molar-refractivity contribution < 1.29 is 9.59 Å². The monoisotopic (exact) mass is 343 g/mol. The number of hydrogen-bond acceptors (Lipinski definition) is 3. The van der Waals surface area contributed by atoms with E-state index in [9.17, 15) is 9.59 Å². The minimum Gasteiger partial charge on any atom is -0.351 e. The highest BCUT2D eigenvalue weighted by atomic mass is 16.2. The number of aryl methyl sites for hydroxylation is 1. The second-order valence-corrected chi connectivity index (χ2v) is 6.62. The van der Waals surface area contributed by atoms with Gasteiger partial charge in [-0.2, -0.15) is 0 Å². The molecule has 5 nitrogen and oxygen atoms in total. The molecule has 25 heavy (non-hydrogen) atoms. The first-order valence-corrected chi connectivity index (χ1v) is 9.01. The van der Waals surface area contributed by atoms with Crippen molar-refractivity contribution in [1.29, 1.82) is 0 Å². The molecule has 5 heteroatoms. The van der Waals surface area contributed by atoms with Crippen molar-refractivity contribution >= 4 is 11.8 Å². The van der Waals surface area contributed by atoms with Crippen molar-refractivity contribution in [2.24, 2.45) is 0 Å². The van der Waals surface area contributed by atoms with Crippen LogP contribution in [0.5, 0.6) is 0 Å². The normalized spacial score (nSPS) is 15.9. The molecular formula is C20H29N3O2. The van der Waals surface area contributed by atoms with Crippen molar-refractivity contribution in [2.75, 3.05) is 39.3 Å². The number of allylic oxidation sites excluding steroid dienone is 1. The fourth-order valence-electron chi connectivity index (χ4n) is 2.96. The maximum Gasteiger partial charge on any atom is 0.243 e. The summed E-state index contributed by atoms with van der Waals surface area (Å²) in [5.74, 6) is 0.122. The highest BCUT2D eigenvalue weighted by molar-refractivity contribution is 5.88. The molecule has 0 aromatic heterocycles. The molecule has 0 saturated carbocycles. The van der Waals surface area contributed by atoms with Gasteiger partial charge in [-0.1, -0.05) is 35.9 Å². The number of piperazine rings is 1. The van der Waals surface area contributed by atoms with E-state index in [4.69, 9.17) is 0 Å². The minimum absolute atomic E-state index is 0.0204. The molecule has 0 spiro atoms. The van der Waals surface area contributed by atoms with Gasteiger partial charge in [0.15, 0.2) is 0 Å². The maximum atomic E-state index is 12.0. The number of benzene rings is 1. The van der Waals surface area contributed by atoms with Gasteiger partial charge in [-0.15, -0.1) is 0 Å². The van der Waals surface area contributed by atoms with Crippen LogP contribution < -0.4 is 5.32 Å². The molecule has 136 valence electrons. The first kappa shape index (κ1) is 19.2. The van der Waals surface area contributed by atoms with Crippen molar-refractivity contribution in [2.45, 2.75) is 26.7 Å². The summed E-state index contributed by atoms with van der Waals surface area (Å²) in [5, 5.41) is 2.96. The number of carbonyl (C=O) groups excluding carboxylic acids is 2. The zero-order valence-corrected chi connectivity index (χ0v) is 15.3. The quantitative estimate of drug-likeness (QED) is 0.769. The molecule has 0 unspecified atom stereocenters. The van der Waals surface area contributed by atoms with Gasteiger partial charge in [0.05, 0.1) is 0 Å². The summed E-state index contributed by atoms with van der Waals surface area (Å²) in [6.45, 7) is 8.40. The molecule has 2 amide bonds. The largest absolute Gasteiger partial charge is 0.351 e. The summed E-state index contributed by atoms with van der Waals surface area (Å²) >= 11 is 0. The number of nitrogens with zero attached hydrogens (tertiary/aromatic N) is 2. The van der Waals surface area contributed by atoms with E-state index >= 15 is 0 Å². The Bertz CT molecular complexity index is 590. The topological polar surface area (TPSA) is 52.7 Å². The van der Waals surface area contributed by atoms with E-state index in [1.807, 2.05) is 30.0 Å². The van der Waals surface area contributed by atoms with Crippen LogP contribution in [0.2, 0.25) is 0 Å². The predicted octanol–water partition coefficient (Wildman–Crippen LogP) is 1.85. The van der Waals surface area contributed by atoms with E-state index in [2.05, 4.69) is 22.3 Å². The SMILES string of the molecule is CC(=O)N1CCN(CCNC(=O)/C=C(/C)CCc2ccccc2)CC1. The van der Waals surface area contributed by atoms with E-state index in [0.29, 0.717) is 6.54 Å². The van der Waals surface area contributed by atoms with E-state index < -0.39 is 0 Å². The van der Waals surface area contributed by atoms with Crippen molar-refractivity contribution in [3.8, 4) is 0 Å². The second-order valence-electron chi connectivity index (χ2n) is 6.62. The molecule has 1 aromatic carbocycles. The lowest BCUT2D eigenvalue weighted by atomic mass is 10.1. The third-order valence-corrected chi connectivity index (χ3v) is 4.57. The van der Waals surface area contributed by atoms with Crippen LogP contribution in [-0.4, -0.2) is 60.9 Å². The van der Waals surface area contributed by atoms with Gasteiger partial charge in [-0.3, -0.25) is 14.5 Å². The molecule has 1 fully saturated rings. The third kappa shape index (κ3) is 7.10. The van der Waals surface area contributed by atoms with Crippen LogP contribution in [0.4, 0.5) is 0 Å². The molecule has 1 N–H and O–H groups in total. The molecule has 0 atom stereocenters. The maximum absolute atomic E-state index is 12.0. The highest BCUT2D eigenvalue weighted by Crippen LogP contribution is 2.08. The zero-order valence-electron chi connectivity index (χ0n) is 15.3. The number of hydrogen-bond donors (Lipinski definition) is 1. The van der Waals surface area contributed by atoms with Gasteiger partial charge in [-0.05, 0) is 25.3 Å². The molecule has 0 radical (unpaired) electrons. The molecule has 0 bridgehead atoms. The van der Waals surface area contributed by atoms with Crippen LogP contribution in [0.1, 0.15) is 25.8 Å². The molecule has 0 aliphatic carbocycles. The highest BCUT2D eigenvalue weighted by Gasteiger charge is 2.17. The van der Waals surface area contributed by atoms with Crippen molar-refractivity contribution in [3.05, 3.63) is 47.5 Å². The summed E-state index contributed by atoms with van der Waals surface area (Å²) in [4.78, 5) is 27.4. The standard InChI is InChI=1S/C20H29N3O2/c1-17(8-9-19-6-4-3-5-7-19)16-20(25)21-10-11-22-12-14-23(15-13-22)18(2)24/h3-7,16H,8-15H2,1-2H3,(H,21,25)/b17-16-. The lowest BCUT2D eigenvalue weighted by molar-refractivity contribution is -0.130. The Hall–Kier alpha value is -2.14. The third-order valence-electron chi connectivity index (χ3n) is 4.57. The average molecular weight is 343 g/mol. The van der Waals surface area contributed by atoms with E-state index in [-0.39, 0.29) is 11.8 Å². The Morgan fingerprint density at radius 3 is 2.40 bits per heavy atom. The Kier molecular flexibility index (Phi) is 7.67. The molecule has 1 aliphatic heterocycles. The molecule has 1 aliphatic rings. The summed E-state index contributed by atoms with van der Waals surface area (Å²) in [6, 6.07) is 10.3. The van der Waals surface area contributed by atoms with Gasteiger partial charge in [-0.25, -0.2) is 0 Å². The van der Waals surface area contributed by atoms with Crippen LogP contribution in [-0.2, 0) is 16.0 Å². The van der Waals surface area contributed by atoms with Crippen LogP contribution in [0, 0.1) is 0 Å². The van der Waals surface area contributed by atoms with Crippen LogP contribution in [0.25, 0.3) is 0 Å². The number of nitrogens with one attached hydrogen (secondary N) is 1. The van der Waals surface area contributed by atoms with Crippen LogP contribution in [0.3, 0.4) is 0 Å². The summed E-state index contributed by atoms with van der Waals surface area (Å²) in [6.07, 6.45) is 3.55. The van der Waals surface area contributed by atoms with Gasteiger partial charge in [0, 0.05) is 52.3 Å². The molecule has 2 rings (SSSR count). The average Bonchev–Trinajstić information content (AvgIpc) is 2.61. The lowest BCUT2D eigenvalue weighted by Crippen LogP contribution is -2.49. The molecule has 1 heterocycles. The van der Waals surface area contributed by atoms with Gasteiger partial charge in [0.2, 0.25) is 11.8 Å². The van der Waals surface area contributed by atoms with Crippen molar-refractivity contribution in [1.82, 2.24) is 15.1 Å². The van der Waals surface area contributed by atoms with Crippen molar-refractivity contribution in [3.63, 3.8) is 0 Å². The Balaban J connectivity index is 1.62. The number of rotatable bonds is 7. The second kappa shape index (κ2) is 9.99. The van der Waals surface area contributed by atoms with Crippen LogP contribution in [0.15, 0.2) is 42.0 Å². The number of amides is 2. The van der Waals surface area contributed by atoms with E-state index in [1.54, 1.807) is 13.0 Å². The Labute approximate surface area is 150 Å². The first-order valence-electron chi connectivity index (χ1n) is 9.01. The minimum atomic E-state index is -0.0204. The van der Waals surface area contributed by atoms with Gasteiger partial charge >= 0.3 is 0 Å². The van der Waals surface area contributed by atoms with Gasteiger partial charge < -0.3 is 10.2 Å². The molecular weight excluding hydrogens is 314 g/mol. The van der Waals surface area contributed by atoms with Gasteiger partial charge in [0.1, 0.15) is 0 Å². The van der Waals surface area contributed by atoms with Crippen LogP contribution >= 0.6 is 0 Å². The Morgan fingerprint density at radius 2 is 1.76 bits per heavy atom. The smallest absolute Gasteiger partial charge is 0.243 e. The summed E-state index contributed by atoms with van der Waals surface area (Å²) in [7, 11) is 0. The predicted molar refractivity (Wildman–Crippen MR) is 100 cm³/mol. The molecule has 1 aromatic rings. The fourth-order valence-corrected chi connectivity index (χ4v) is 2.96. The Morgan fingerprint density at radius 1 is 1.08 bits per heavy atom. The van der Waals surface area contributed by atoms with E-state index in [1.165, 1.54) is 5.56 Å². The molecule has 1 saturated heterocycles.